The van der Waals surface area contributed by atoms with Crippen molar-refractivity contribution in [3.05, 3.63) is 46.5 Å². The van der Waals surface area contributed by atoms with Crippen LogP contribution in [0.4, 0.5) is 0 Å². The van der Waals surface area contributed by atoms with Gasteiger partial charge in [0.2, 0.25) is 5.91 Å². The normalized spacial score (nSPS) is 14.0. The highest BCUT2D eigenvalue weighted by Crippen LogP contribution is 2.21. The minimum Gasteiger partial charge on any atom is -0.456 e. The number of azide groups is 1. The van der Waals surface area contributed by atoms with Crippen LogP contribution in [-0.2, 0) is 16.1 Å². The highest BCUT2D eigenvalue weighted by molar-refractivity contribution is 6.03. The van der Waals surface area contributed by atoms with Crippen LogP contribution in [0.3, 0.4) is 0 Å². The highest BCUT2D eigenvalue weighted by Gasteiger charge is 2.20. The Bertz CT molecular complexity index is 822. The van der Waals surface area contributed by atoms with Crippen molar-refractivity contribution in [2.24, 2.45) is 5.11 Å². The number of ether oxygens (including phenoxy) is 1. The summed E-state index contributed by atoms with van der Waals surface area (Å²) in [4.78, 5) is 28.2. The van der Waals surface area contributed by atoms with E-state index in [1.807, 2.05) is 27.8 Å². The third-order valence-corrected chi connectivity index (χ3v) is 4.13. The number of carbonyl (C=O) groups excluding carboxylic acids is 2. The minimum atomic E-state index is -0.527. The molecule has 0 atom stereocenters. The van der Waals surface area contributed by atoms with Crippen LogP contribution >= 0.6 is 0 Å². The second-order valence-electron chi connectivity index (χ2n) is 5.52. The SMILES string of the molecule is [N-]=[N+]=NCOC(=O)c1cccc2c1ccn2CCN1CCCC1=O. The van der Waals surface area contributed by atoms with Crippen molar-refractivity contribution in [3.63, 3.8) is 0 Å². The molecule has 2 heterocycles. The first kappa shape index (κ1) is 15.9. The quantitative estimate of drug-likeness (QED) is 0.353. The largest absolute Gasteiger partial charge is 0.456 e. The van der Waals surface area contributed by atoms with Crippen molar-refractivity contribution in [1.29, 1.82) is 0 Å². The molecule has 1 amide bonds. The standard InChI is InChI=1S/C16H17N5O3/c17-19-18-11-24-16(23)13-3-1-4-14-12(13)6-8-20(14)9-10-21-7-2-5-15(21)22/h1,3-4,6,8H,2,5,7,9-11H2. The maximum absolute atomic E-state index is 12.1. The van der Waals surface area contributed by atoms with E-state index in [2.05, 4.69) is 10.0 Å². The monoisotopic (exact) mass is 327 g/mol. The molecule has 0 radical (unpaired) electrons. The molecule has 0 spiro atoms. The van der Waals surface area contributed by atoms with E-state index in [1.165, 1.54) is 0 Å². The Balaban J connectivity index is 1.77. The van der Waals surface area contributed by atoms with Gasteiger partial charge in [0.05, 0.1) is 5.56 Å². The van der Waals surface area contributed by atoms with Gasteiger partial charge in [-0.05, 0) is 30.2 Å². The first-order valence-corrected chi connectivity index (χ1v) is 7.74. The van der Waals surface area contributed by atoms with Crippen LogP contribution in [0.5, 0.6) is 0 Å². The lowest BCUT2D eigenvalue weighted by molar-refractivity contribution is -0.127. The molecule has 1 aliphatic rings. The van der Waals surface area contributed by atoms with Crippen LogP contribution in [0.25, 0.3) is 21.3 Å². The fraction of sp³-hybridized carbons (Fsp3) is 0.375. The van der Waals surface area contributed by atoms with Gasteiger partial charge in [-0.3, -0.25) is 4.79 Å². The Hall–Kier alpha value is -2.99. The summed E-state index contributed by atoms with van der Waals surface area (Å²) < 4.78 is 6.94. The van der Waals surface area contributed by atoms with Gasteiger partial charge in [0.1, 0.15) is 0 Å². The van der Waals surface area contributed by atoms with E-state index in [0.29, 0.717) is 25.1 Å². The summed E-state index contributed by atoms with van der Waals surface area (Å²) in [6.07, 6.45) is 3.45. The third kappa shape index (κ3) is 3.18. The predicted octanol–water partition coefficient (Wildman–Crippen LogP) is 2.69. The van der Waals surface area contributed by atoms with Crippen molar-refractivity contribution in [2.75, 3.05) is 19.8 Å². The van der Waals surface area contributed by atoms with Crippen molar-refractivity contribution in [2.45, 2.75) is 19.4 Å². The van der Waals surface area contributed by atoms with Gasteiger partial charge in [0.15, 0.2) is 6.73 Å². The van der Waals surface area contributed by atoms with Gasteiger partial charge in [0.25, 0.3) is 0 Å². The average Bonchev–Trinajstić information content (AvgIpc) is 3.19. The first-order valence-electron chi connectivity index (χ1n) is 7.74. The molecular formula is C16H17N5O3. The summed E-state index contributed by atoms with van der Waals surface area (Å²) in [5.41, 5.74) is 9.56. The van der Waals surface area contributed by atoms with Crippen molar-refractivity contribution < 1.29 is 14.3 Å². The maximum Gasteiger partial charge on any atom is 0.338 e. The van der Waals surface area contributed by atoms with E-state index in [0.717, 1.165) is 23.9 Å². The van der Waals surface area contributed by atoms with Gasteiger partial charge in [-0.2, -0.15) is 0 Å². The van der Waals surface area contributed by atoms with Crippen LogP contribution in [0.1, 0.15) is 23.2 Å². The van der Waals surface area contributed by atoms with Gasteiger partial charge >= 0.3 is 5.97 Å². The molecule has 0 unspecified atom stereocenters. The molecule has 8 heteroatoms. The van der Waals surface area contributed by atoms with E-state index in [4.69, 9.17) is 10.3 Å². The number of rotatable bonds is 6. The van der Waals surface area contributed by atoms with Gasteiger partial charge in [-0.25, -0.2) is 4.79 Å². The number of carbonyl (C=O) groups is 2. The summed E-state index contributed by atoms with van der Waals surface area (Å²) in [6.45, 7) is 1.82. The third-order valence-electron chi connectivity index (χ3n) is 4.13. The molecule has 24 heavy (non-hydrogen) atoms. The zero-order valence-corrected chi connectivity index (χ0v) is 13.1. The number of esters is 1. The summed E-state index contributed by atoms with van der Waals surface area (Å²) >= 11 is 0. The molecule has 8 nitrogen and oxygen atoms in total. The Morgan fingerprint density at radius 2 is 2.21 bits per heavy atom. The number of benzene rings is 1. The van der Waals surface area contributed by atoms with E-state index in [-0.39, 0.29) is 12.6 Å². The lowest BCUT2D eigenvalue weighted by Crippen LogP contribution is -2.28. The molecule has 1 aliphatic heterocycles. The van der Waals surface area contributed by atoms with E-state index in [9.17, 15) is 9.59 Å². The van der Waals surface area contributed by atoms with E-state index < -0.39 is 5.97 Å². The van der Waals surface area contributed by atoms with Crippen molar-refractivity contribution in [1.82, 2.24) is 9.47 Å². The second kappa shape index (κ2) is 7.06. The Kier molecular flexibility index (Phi) is 4.67. The number of nitrogens with zero attached hydrogens (tertiary/aromatic N) is 5. The van der Waals surface area contributed by atoms with Crippen LogP contribution in [0.2, 0.25) is 0 Å². The van der Waals surface area contributed by atoms with Crippen molar-refractivity contribution >= 4 is 22.8 Å². The van der Waals surface area contributed by atoms with Gasteiger partial charge in [-0.15, -0.1) is 0 Å². The van der Waals surface area contributed by atoms with Crippen LogP contribution in [0.15, 0.2) is 35.6 Å². The summed E-state index contributed by atoms with van der Waals surface area (Å²) in [6, 6.07) is 7.23. The smallest absolute Gasteiger partial charge is 0.338 e. The first-order chi connectivity index (χ1) is 11.7. The molecule has 1 aromatic heterocycles. The number of hydrogen-bond acceptors (Lipinski definition) is 4. The molecule has 0 bridgehead atoms. The fourth-order valence-corrected chi connectivity index (χ4v) is 2.96. The molecule has 1 saturated heterocycles. The number of likely N-dealkylation sites (tertiary alicyclic amines) is 1. The van der Waals surface area contributed by atoms with Gasteiger partial charge < -0.3 is 14.2 Å². The maximum atomic E-state index is 12.1. The summed E-state index contributed by atoms with van der Waals surface area (Å²) in [5, 5.41) is 3.97. The van der Waals surface area contributed by atoms with Crippen LogP contribution < -0.4 is 0 Å². The average molecular weight is 327 g/mol. The van der Waals surface area contributed by atoms with Gasteiger partial charge in [0, 0.05) is 48.1 Å². The zero-order valence-electron chi connectivity index (χ0n) is 13.1. The van der Waals surface area contributed by atoms with Crippen molar-refractivity contribution in [3.8, 4) is 0 Å². The lowest BCUT2D eigenvalue weighted by atomic mass is 10.1. The molecule has 0 N–H and O–H groups in total. The summed E-state index contributed by atoms with van der Waals surface area (Å²) in [5.74, 6) is -0.325. The topological polar surface area (TPSA) is 100 Å². The fourth-order valence-electron chi connectivity index (χ4n) is 2.96. The van der Waals surface area contributed by atoms with Crippen LogP contribution in [0, 0.1) is 0 Å². The Labute approximate surface area is 138 Å². The number of amides is 1. The van der Waals surface area contributed by atoms with Crippen LogP contribution in [-0.4, -0.2) is 41.2 Å². The zero-order chi connectivity index (χ0) is 16.9. The molecule has 124 valence electrons. The molecule has 1 fully saturated rings. The molecule has 0 saturated carbocycles. The lowest BCUT2D eigenvalue weighted by Gasteiger charge is -2.16. The second-order valence-corrected chi connectivity index (χ2v) is 5.52. The van der Waals surface area contributed by atoms with Gasteiger partial charge in [-0.1, -0.05) is 11.2 Å². The molecular weight excluding hydrogens is 310 g/mol. The molecule has 0 aliphatic carbocycles. The number of fused-ring (bicyclic) bond motifs is 1. The predicted molar refractivity (Wildman–Crippen MR) is 87.2 cm³/mol. The Morgan fingerprint density at radius 3 is 2.96 bits per heavy atom. The number of aromatic nitrogens is 1. The van der Waals surface area contributed by atoms with E-state index >= 15 is 0 Å². The number of hydrogen-bond donors (Lipinski definition) is 0. The minimum absolute atomic E-state index is 0.203. The van der Waals surface area contributed by atoms with E-state index in [1.54, 1.807) is 12.1 Å². The Morgan fingerprint density at radius 1 is 1.33 bits per heavy atom. The molecule has 1 aromatic carbocycles. The summed E-state index contributed by atoms with van der Waals surface area (Å²) in [7, 11) is 0. The molecule has 2 aromatic rings. The molecule has 3 rings (SSSR count). The highest BCUT2D eigenvalue weighted by atomic mass is 16.5.